The molecule has 8 heavy (non-hydrogen) atoms. The van der Waals surface area contributed by atoms with Crippen molar-refractivity contribution in [1.82, 2.24) is 0 Å². The van der Waals surface area contributed by atoms with Crippen molar-refractivity contribution in [3.05, 3.63) is 0 Å². The molecule has 49 valence electrons. The molecular formula is CH4CeCl3N2O. The zero-order valence-corrected chi connectivity index (χ0v) is 9.10. The van der Waals surface area contributed by atoms with Crippen LogP contribution in [-0.2, 0) is 0 Å². The molecule has 0 aliphatic rings. The number of nitrogens with two attached hydrogens (primary N) is 2. The van der Waals surface area contributed by atoms with Gasteiger partial charge in [-0.05, 0) is 0 Å². The molecule has 0 saturated heterocycles. The molecule has 0 aromatic heterocycles. The van der Waals surface area contributed by atoms with Crippen LogP contribution in [0.15, 0.2) is 0 Å². The van der Waals surface area contributed by atoms with E-state index in [1.165, 1.54) is 0 Å². The number of primary amides is 2. The topological polar surface area (TPSA) is 69.1 Å². The summed E-state index contributed by atoms with van der Waals surface area (Å²) in [6.45, 7) is 0. The first kappa shape index (κ1) is 12.2. The Balaban J connectivity index is 0. The molecule has 0 aromatic carbocycles. The summed E-state index contributed by atoms with van der Waals surface area (Å²) in [5.74, 6) is 0. The molecule has 0 aliphatic heterocycles. The maximum absolute atomic E-state index is 9.00. The molecule has 2 amide bonds. The normalized spacial score (nSPS) is 6.38. The van der Waals surface area contributed by atoms with Crippen molar-refractivity contribution in [3.8, 4) is 0 Å². The molecule has 3 nitrogen and oxygen atoms in total. The first-order chi connectivity index (χ1) is 3.46. The van der Waals surface area contributed by atoms with Gasteiger partial charge in [-0.15, -0.1) is 0 Å². The summed E-state index contributed by atoms with van der Waals surface area (Å²) in [4.78, 5) is 9.00. The van der Waals surface area contributed by atoms with E-state index in [0.717, 1.165) is 0 Å². The third-order valence-corrected chi connectivity index (χ3v) is 0. The van der Waals surface area contributed by atoms with E-state index in [1.54, 1.807) is 0 Å². The molecule has 0 aromatic rings. The number of amides is 2. The van der Waals surface area contributed by atoms with Gasteiger partial charge in [-0.3, -0.25) is 0 Å². The number of carbonyl (C=O) groups excluding carboxylic acids is 1. The van der Waals surface area contributed by atoms with E-state index in [4.69, 9.17) is 21.7 Å². The summed E-state index contributed by atoms with van der Waals surface area (Å²) < 4.78 is 0. The van der Waals surface area contributed by atoms with Gasteiger partial charge in [0.25, 0.3) is 0 Å². The molecule has 0 spiro atoms. The predicted octanol–water partition coefficient (Wildman–Crippen LogP) is 1.09. The Morgan fingerprint density at radius 1 is 1.25 bits per heavy atom. The third kappa shape index (κ3) is 139. The third-order valence-electron chi connectivity index (χ3n) is 0. The van der Waals surface area contributed by atoms with Crippen molar-refractivity contribution >= 4 is 22.9 Å². The van der Waals surface area contributed by atoms with Crippen LogP contribution in [0.2, 0.25) is 0 Å². The molecule has 0 aliphatic carbocycles. The molecule has 7 heteroatoms. The second kappa shape index (κ2) is 8.52. The zero-order chi connectivity index (χ0) is 7.15. The molecule has 0 heterocycles. The molecule has 0 fully saturated rings. The summed E-state index contributed by atoms with van der Waals surface area (Å²) in [5, 5.41) is 0. The van der Waals surface area contributed by atoms with Gasteiger partial charge in [0, 0.05) is 0 Å². The first-order valence-electron chi connectivity index (χ1n) is 1.35. The van der Waals surface area contributed by atoms with Gasteiger partial charge in [-0.2, -0.15) is 0 Å². The van der Waals surface area contributed by atoms with Crippen molar-refractivity contribution in [2.24, 2.45) is 11.5 Å². The SMILES string of the molecule is NC(N)=O.[Cl][Ce]([Cl])[Cl]. The summed E-state index contributed by atoms with van der Waals surface area (Å²) in [5.41, 5.74) is 23.6. The number of carbonyl (C=O) groups is 1. The Hall–Kier alpha value is 1.52. The van der Waals surface area contributed by atoms with Gasteiger partial charge >= 0.3 is 53.6 Å². The van der Waals surface area contributed by atoms with Crippen LogP contribution in [0.3, 0.4) is 0 Å². The fourth-order valence-electron chi connectivity index (χ4n) is 0. The summed E-state index contributed by atoms with van der Waals surface area (Å²) >= 11 is -2.24. The van der Waals surface area contributed by atoms with Gasteiger partial charge in [0.1, 0.15) is 0 Å². The Morgan fingerprint density at radius 3 is 1.25 bits per heavy atom. The number of hydrogen-bond donors (Lipinski definition) is 2. The Bertz CT molecular complexity index is 61.5. The van der Waals surface area contributed by atoms with Crippen LogP contribution >= 0.6 is 16.9 Å². The van der Waals surface area contributed by atoms with Crippen LogP contribution in [0, 0.1) is 30.7 Å². The predicted molar refractivity (Wildman–Crippen MR) is 31.3 cm³/mol. The van der Waals surface area contributed by atoms with E-state index < -0.39 is 36.7 Å². The Labute approximate surface area is 68.5 Å². The summed E-state index contributed by atoms with van der Waals surface area (Å²) in [6, 6.07) is -0.833. The van der Waals surface area contributed by atoms with Crippen molar-refractivity contribution < 1.29 is 35.5 Å². The minimum atomic E-state index is -2.24. The number of hydrogen-bond acceptors (Lipinski definition) is 1. The maximum atomic E-state index is 9.00. The minimum absolute atomic E-state index is 0.833. The van der Waals surface area contributed by atoms with E-state index in [0.29, 0.717) is 0 Å². The van der Waals surface area contributed by atoms with Crippen molar-refractivity contribution in [1.29, 1.82) is 0 Å². The van der Waals surface area contributed by atoms with Crippen LogP contribution in [0.4, 0.5) is 4.79 Å². The van der Waals surface area contributed by atoms with Crippen LogP contribution in [-0.4, -0.2) is 6.03 Å². The first-order valence-corrected chi connectivity index (χ1v) is 13.2. The quantitative estimate of drug-likeness (QED) is 0.691. The van der Waals surface area contributed by atoms with E-state index in [9.17, 15) is 0 Å². The van der Waals surface area contributed by atoms with Crippen LogP contribution in [0.1, 0.15) is 0 Å². The molecule has 0 rings (SSSR count). The number of urea groups is 1. The van der Waals surface area contributed by atoms with Crippen molar-refractivity contribution in [3.63, 3.8) is 0 Å². The van der Waals surface area contributed by atoms with Gasteiger partial charge in [0.15, 0.2) is 0 Å². The summed E-state index contributed by atoms with van der Waals surface area (Å²) in [6.07, 6.45) is 0. The fraction of sp³-hybridized carbons (Fsp3) is 0. The van der Waals surface area contributed by atoms with Crippen LogP contribution in [0.25, 0.3) is 0 Å². The zero-order valence-electron chi connectivity index (χ0n) is 3.70. The molecule has 4 N–H and O–H groups in total. The second-order valence-electron chi connectivity index (χ2n) is 0.617. The van der Waals surface area contributed by atoms with E-state index in [2.05, 4.69) is 11.5 Å². The monoisotopic (exact) mass is 305 g/mol. The van der Waals surface area contributed by atoms with Gasteiger partial charge in [0.2, 0.25) is 0 Å². The van der Waals surface area contributed by atoms with Gasteiger partial charge < -0.3 is 11.5 Å². The Kier molecular flexibility index (Phi) is 13.0. The molecule has 0 atom stereocenters. The standard InChI is InChI=1S/CH4N2O.Ce.3ClH/c2-1(3)4;;;;/h(H4,2,3,4);;3*1H/q;+3;;;/p-3. The van der Waals surface area contributed by atoms with Crippen molar-refractivity contribution in [2.75, 3.05) is 0 Å². The average Bonchev–Trinajstić information content (AvgIpc) is 1.25. The fourth-order valence-corrected chi connectivity index (χ4v) is 0. The number of halogens is 3. The Morgan fingerprint density at radius 2 is 1.25 bits per heavy atom. The molecule has 0 saturated carbocycles. The second-order valence-corrected chi connectivity index (χ2v) is 14.4. The van der Waals surface area contributed by atoms with Gasteiger partial charge in [-0.25, -0.2) is 4.79 Å². The molecule has 0 bridgehead atoms. The molecular weight excluding hydrogens is 302 g/mol. The van der Waals surface area contributed by atoms with E-state index in [1.807, 2.05) is 0 Å². The van der Waals surface area contributed by atoms with E-state index >= 15 is 0 Å². The van der Waals surface area contributed by atoms with Crippen LogP contribution in [0.5, 0.6) is 0 Å². The van der Waals surface area contributed by atoms with Crippen molar-refractivity contribution in [2.45, 2.75) is 0 Å². The molecule has 0 radical (unpaired) electrons. The molecule has 0 unspecified atom stereocenters. The van der Waals surface area contributed by atoms with Gasteiger partial charge in [-0.1, -0.05) is 0 Å². The van der Waals surface area contributed by atoms with Crippen LogP contribution < -0.4 is 11.5 Å². The number of rotatable bonds is 0. The van der Waals surface area contributed by atoms with E-state index in [-0.39, 0.29) is 0 Å². The average molecular weight is 307 g/mol. The summed E-state index contributed by atoms with van der Waals surface area (Å²) in [7, 11) is 0. The van der Waals surface area contributed by atoms with Gasteiger partial charge in [0.05, 0.1) is 0 Å².